The van der Waals surface area contributed by atoms with Crippen molar-refractivity contribution in [3.63, 3.8) is 0 Å². The third-order valence-corrected chi connectivity index (χ3v) is 0.667. The Morgan fingerprint density at radius 1 is 1.45 bits per heavy atom. The van der Waals surface area contributed by atoms with Crippen molar-refractivity contribution in [1.82, 2.24) is 0 Å². The van der Waals surface area contributed by atoms with Gasteiger partial charge < -0.3 is 4.74 Å². The van der Waals surface area contributed by atoms with E-state index in [1.54, 1.807) is 4.99 Å². The van der Waals surface area contributed by atoms with E-state index in [4.69, 9.17) is 11.6 Å². The Bertz CT molecular complexity index is 146. The molecule has 0 aliphatic carbocycles. The Hall–Kier alpha value is -0.520. The van der Waals surface area contributed by atoms with Gasteiger partial charge in [-0.15, -0.1) is 34.2 Å². The highest BCUT2D eigenvalue weighted by atomic mass is 35.5. The summed E-state index contributed by atoms with van der Waals surface area (Å²) in [6.07, 6.45) is -6.85. The van der Waals surface area contributed by atoms with Crippen LogP contribution in [0.25, 0.3) is 0 Å². The second-order valence-electron chi connectivity index (χ2n) is 1.37. The quantitative estimate of drug-likeness (QED) is 0.216. The van der Waals surface area contributed by atoms with Crippen LogP contribution in [0.3, 0.4) is 0 Å². The van der Waals surface area contributed by atoms with Crippen molar-refractivity contribution < 1.29 is 22.3 Å². The van der Waals surface area contributed by atoms with Crippen molar-refractivity contribution in [2.75, 3.05) is 12.5 Å². The maximum absolute atomic E-state index is 11.8. The highest BCUT2D eigenvalue weighted by Crippen LogP contribution is 2.16. The van der Waals surface area contributed by atoms with Gasteiger partial charge >= 0.3 is 12.5 Å². The molecule has 0 aromatic rings. The van der Waals surface area contributed by atoms with Crippen LogP contribution in [0.15, 0.2) is 4.99 Å². The van der Waals surface area contributed by atoms with E-state index in [-0.39, 0.29) is 12.5 Å². The first-order chi connectivity index (χ1) is 4.95. The Balaban J connectivity index is 3.81. The summed E-state index contributed by atoms with van der Waals surface area (Å²) in [5, 5.41) is 0. The van der Waals surface area contributed by atoms with Crippen LogP contribution in [0.4, 0.5) is 17.6 Å². The Kier molecular flexibility index (Phi) is 4.17. The number of alkyl halides is 4. The molecule has 2 nitrogen and oxygen atoms in total. The first-order valence-electron chi connectivity index (χ1n) is 2.46. The zero-order chi connectivity index (χ0) is 8.91. The minimum atomic E-state index is -4.93. The highest BCUT2D eigenvalue weighted by Gasteiger charge is 2.28. The molecular weight excluding hydrogens is 189 g/mol. The van der Waals surface area contributed by atoms with E-state index >= 15 is 0 Å². The van der Waals surface area contributed by atoms with Crippen molar-refractivity contribution in [2.45, 2.75) is 6.30 Å². The molecule has 0 heterocycles. The van der Waals surface area contributed by atoms with Crippen LogP contribution in [-0.2, 0) is 4.74 Å². The predicted molar refractivity (Wildman–Crippen MR) is 31.3 cm³/mol. The summed E-state index contributed by atoms with van der Waals surface area (Å²) >= 11 is 4.99. The number of rotatable bonds is 2. The van der Waals surface area contributed by atoms with Crippen molar-refractivity contribution in [3.8, 4) is 0 Å². The van der Waals surface area contributed by atoms with Gasteiger partial charge in [-0.3, -0.25) is 0 Å². The Morgan fingerprint density at radius 3 is 2.36 bits per heavy atom. The third kappa shape index (κ3) is 7.38. The average Bonchev–Trinajstić information content (AvgIpc) is 1.79. The SMILES string of the molecule is FC(=NC(F)(F)F)OCCCl. The van der Waals surface area contributed by atoms with Gasteiger partial charge in [0.15, 0.2) is 0 Å². The van der Waals surface area contributed by atoms with Gasteiger partial charge in [-0.05, 0) is 0 Å². The molecule has 0 aromatic heterocycles. The number of halogens is 5. The molecule has 66 valence electrons. The first-order valence-corrected chi connectivity index (χ1v) is 3.00. The van der Waals surface area contributed by atoms with Crippen LogP contribution < -0.4 is 0 Å². The molecular formula is C4H4ClF4NO. The predicted octanol–water partition coefficient (Wildman–Crippen LogP) is 2.09. The van der Waals surface area contributed by atoms with Gasteiger partial charge in [-0.25, -0.2) is 0 Å². The standard InChI is InChI=1S/C4H4ClF4NO/c5-1-2-11-3(6)10-4(7,8)9/h1-2H2. The van der Waals surface area contributed by atoms with Crippen molar-refractivity contribution in [1.29, 1.82) is 0 Å². The van der Waals surface area contributed by atoms with Crippen molar-refractivity contribution in [2.24, 2.45) is 4.99 Å². The lowest BCUT2D eigenvalue weighted by atomic mass is 10.9. The summed E-state index contributed by atoms with van der Waals surface area (Å²) in [6.45, 7) is -0.340. The zero-order valence-corrected chi connectivity index (χ0v) is 5.92. The molecule has 0 aliphatic rings. The molecule has 0 N–H and O–H groups in total. The van der Waals surface area contributed by atoms with E-state index in [0.717, 1.165) is 0 Å². The molecule has 0 spiro atoms. The molecule has 0 saturated heterocycles. The lowest BCUT2D eigenvalue weighted by molar-refractivity contribution is -0.122. The summed E-state index contributed by atoms with van der Waals surface area (Å²) < 4.78 is 49.2. The molecule has 11 heavy (non-hydrogen) atoms. The molecule has 0 atom stereocenters. The van der Waals surface area contributed by atoms with Gasteiger partial charge in [0.1, 0.15) is 6.61 Å². The maximum Gasteiger partial charge on any atom is 0.508 e. The van der Waals surface area contributed by atoms with Crippen LogP contribution in [0.1, 0.15) is 0 Å². The van der Waals surface area contributed by atoms with Gasteiger partial charge in [0.25, 0.3) is 0 Å². The summed E-state index contributed by atoms with van der Waals surface area (Å²) in [5.74, 6) is -0.0964. The van der Waals surface area contributed by atoms with Crippen LogP contribution in [0, 0.1) is 0 Å². The van der Waals surface area contributed by atoms with Crippen LogP contribution in [0.2, 0.25) is 0 Å². The van der Waals surface area contributed by atoms with Crippen LogP contribution in [-0.4, -0.2) is 24.9 Å². The molecule has 0 amide bonds. The van der Waals surface area contributed by atoms with E-state index in [2.05, 4.69) is 4.74 Å². The molecule has 0 aromatic carbocycles. The number of ether oxygens (including phenoxy) is 1. The van der Waals surface area contributed by atoms with E-state index in [1.807, 2.05) is 0 Å². The molecule has 7 heteroatoms. The summed E-state index contributed by atoms with van der Waals surface area (Å²) in [5.41, 5.74) is 0. The summed E-state index contributed by atoms with van der Waals surface area (Å²) in [6, 6.07) is 0. The average molecular weight is 194 g/mol. The third-order valence-electron chi connectivity index (χ3n) is 0.513. The summed E-state index contributed by atoms with van der Waals surface area (Å²) in [7, 11) is 0. The lowest BCUT2D eigenvalue weighted by Gasteiger charge is -2.00. The summed E-state index contributed by atoms with van der Waals surface area (Å²) in [4.78, 5) is 1.62. The van der Waals surface area contributed by atoms with Crippen LogP contribution >= 0.6 is 11.6 Å². The molecule has 0 aliphatic heterocycles. The Morgan fingerprint density at radius 2 is 2.00 bits per heavy atom. The maximum atomic E-state index is 11.8. The number of hydrogen-bond acceptors (Lipinski definition) is 2. The largest absolute Gasteiger partial charge is 0.508 e. The van der Waals surface area contributed by atoms with Gasteiger partial charge in [-0.2, -0.15) is 0 Å². The molecule has 0 bridgehead atoms. The fourth-order valence-electron chi connectivity index (χ4n) is 0.255. The highest BCUT2D eigenvalue weighted by molar-refractivity contribution is 6.18. The van der Waals surface area contributed by atoms with Crippen LogP contribution in [0.5, 0.6) is 0 Å². The van der Waals surface area contributed by atoms with Gasteiger partial charge in [0.05, 0.1) is 5.88 Å². The molecule has 0 saturated carbocycles. The molecule has 0 fully saturated rings. The Labute approximate surface area is 64.8 Å². The van der Waals surface area contributed by atoms with Gasteiger partial charge in [0.2, 0.25) is 0 Å². The van der Waals surface area contributed by atoms with Crippen molar-refractivity contribution in [3.05, 3.63) is 0 Å². The number of hydrogen-bond donors (Lipinski definition) is 0. The molecule has 0 rings (SSSR count). The van der Waals surface area contributed by atoms with E-state index < -0.39 is 12.5 Å². The fourth-order valence-corrected chi connectivity index (χ4v) is 0.332. The zero-order valence-electron chi connectivity index (χ0n) is 5.16. The molecule has 0 unspecified atom stereocenters. The van der Waals surface area contributed by atoms with E-state index in [0.29, 0.717) is 0 Å². The number of nitrogens with zero attached hydrogens (tertiary/aromatic N) is 1. The topological polar surface area (TPSA) is 21.6 Å². The van der Waals surface area contributed by atoms with E-state index in [1.165, 1.54) is 0 Å². The minimum absolute atomic E-state index is 0.0964. The minimum Gasteiger partial charge on any atom is -0.455 e. The fraction of sp³-hybridized carbons (Fsp3) is 0.750. The lowest BCUT2D eigenvalue weighted by Crippen LogP contribution is -2.09. The smallest absolute Gasteiger partial charge is 0.455 e. The second-order valence-corrected chi connectivity index (χ2v) is 1.75. The van der Waals surface area contributed by atoms with Crippen molar-refractivity contribution >= 4 is 17.8 Å². The number of aliphatic imine (C=N–C) groups is 1. The van der Waals surface area contributed by atoms with Gasteiger partial charge in [0, 0.05) is 0 Å². The van der Waals surface area contributed by atoms with Gasteiger partial charge in [-0.1, -0.05) is 0 Å². The first kappa shape index (κ1) is 10.5. The molecule has 0 radical (unpaired) electrons. The second kappa shape index (κ2) is 4.38. The van der Waals surface area contributed by atoms with E-state index in [9.17, 15) is 17.6 Å². The monoisotopic (exact) mass is 193 g/mol. The normalized spacial score (nSPS) is 13.4.